The van der Waals surface area contributed by atoms with Crippen LogP contribution in [0.25, 0.3) is 11.1 Å². The smallest absolute Gasteiger partial charge is 0.263 e. The summed E-state index contributed by atoms with van der Waals surface area (Å²) in [6, 6.07) is 8.21. The van der Waals surface area contributed by atoms with Gasteiger partial charge in [0, 0.05) is 29.9 Å². The first-order valence-electron chi connectivity index (χ1n) is 9.69. The number of amides is 1. The molecule has 0 radical (unpaired) electrons. The van der Waals surface area contributed by atoms with Crippen LogP contribution in [0.5, 0.6) is 5.75 Å². The summed E-state index contributed by atoms with van der Waals surface area (Å²) in [4.78, 5) is 24.5. The van der Waals surface area contributed by atoms with Crippen molar-refractivity contribution in [3.05, 3.63) is 52.8 Å². The first-order valence-corrected chi connectivity index (χ1v) is 10.5. The van der Waals surface area contributed by atoms with Gasteiger partial charge in [0.1, 0.15) is 17.2 Å². The van der Waals surface area contributed by atoms with E-state index in [1.807, 2.05) is 26.1 Å². The number of ether oxygens (including phenoxy) is 1. The molecule has 1 amide bonds. The Morgan fingerprint density at radius 2 is 2.17 bits per heavy atom. The molecular weight excluding hydrogens is 384 g/mol. The minimum absolute atomic E-state index is 0.0309. The molecule has 0 aliphatic carbocycles. The van der Waals surface area contributed by atoms with Crippen molar-refractivity contribution < 1.29 is 9.53 Å². The number of thiazole rings is 1. The molecule has 148 valence electrons. The van der Waals surface area contributed by atoms with Gasteiger partial charge >= 0.3 is 0 Å². The predicted octanol–water partition coefficient (Wildman–Crippen LogP) is 4.11. The third-order valence-corrected chi connectivity index (χ3v) is 6.45. The zero-order chi connectivity index (χ0) is 20.2. The molecule has 5 rings (SSSR count). The van der Waals surface area contributed by atoms with Crippen LogP contribution >= 0.6 is 11.3 Å². The van der Waals surface area contributed by atoms with Crippen molar-refractivity contribution in [2.24, 2.45) is 0 Å². The van der Waals surface area contributed by atoms with Gasteiger partial charge in [0.2, 0.25) is 0 Å². The van der Waals surface area contributed by atoms with Crippen LogP contribution in [0.3, 0.4) is 0 Å². The van der Waals surface area contributed by atoms with E-state index in [9.17, 15) is 4.79 Å². The van der Waals surface area contributed by atoms with E-state index in [-0.39, 0.29) is 11.4 Å². The molecule has 7 heteroatoms. The highest BCUT2D eigenvalue weighted by Gasteiger charge is 2.34. The highest BCUT2D eigenvalue weighted by atomic mass is 32.1. The van der Waals surface area contributed by atoms with E-state index in [0.29, 0.717) is 13.2 Å². The molecule has 0 fully saturated rings. The molecule has 6 nitrogen and oxygen atoms in total. The lowest BCUT2D eigenvalue weighted by atomic mass is 9.94. The van der Waals surface area contributed by atoms with E-state index < -0.39 is 0 Å². The summed E-state index contributed by atoms with van der Waals surface area (Å²) in [7, 11) is 0. The summed E-state index contributed by atoms with van der Waals surface area (Å²) in [5.74, 6) is 0.801. The second kappa shape index (κ2) is 6.56. The number of carbonyl (C=O) groups is 1. The average molecular weight is 407 g/mol. The van der Waals surface area contributed by atoms with Crippen molar-refractivity contribution in [2.45, 2.75) is 32.7 Å². The fourth-order valence-electron chi connectivity index (χ4n) is 3.98. The van der Waals surface area contributed by atoms with Gasteiger partial charge in [0.25, 0.3) is 5.91 Å². The number of hydrogen-bond donors (Lipinski definition) is 1. The average Bonchev–Trinajstić information content (AvgIpc) is 3.10. The summed E-state index contributed by atoms with van der Waals surface area (Å²) < 4.78 is 5.98. The number of pyridine rings is 1. The second-order valence-corrected chi connectivity index (χ2v) is 9.14. The van der Waals surface area contributed by atoms with Crippen LogP contribution in [0.2, 0.25) is 0 Å². The van der Waals surface area contributed by atoms with Gasteiger partial charge in [-0.2, -0.15) is 0 Å². The summed E-state index contributed by atoms with van der Waals surface area (Å²) in [5, 5.41) is 3.91. The van der Waals surface area contributed by atoms with Crippen LogP contribution in [-0.4, -0.2) is 34.6 Å². The monoisotopic (exact) mass is 406 g/mol. The van der Waals surface area contributed by atoms with Crippen molar-refractivity contribution in [2.75, 3.05) is 18.1 Å². The molecule has 3 aromatic rings. The quantitative estimate of drug-likeness (QED) is 0.694. The highest BCUT2D eigenvalue weighted by molar-refractivity contribution is 7.17. The lowest BCUT2D eigenvalue weighted by molar-refractivity contribution is 0.0901. The number of anilines is 2. The Labute approximate surface area is 173 Å². The number of nitrogens with zero attached hydrogens (tertiary/aromatic N) is 3. The van der Waals surface area contributed by atoms with Gasteiger partial charge in [-0.05, 0) is 50.1 Å². The van der Waals surface area contributed by atoms with E-state index in [2.05, 4.69) is 40.3 Å². The molecule has 2 aliphatic heterocycles. The van der Waals surface area contributed by atoms with Gasteiger partial charge in [-0.25, -0.2) is 4.98 Å². The second-order valence-electron chi connectivity index (χ2n) is 8.16. The van der Waals surface area contributed by atoms with E-state index in [1.54, 1.807) is 6.20 Å². The number of aromatic nitrogens is 2. The number of benzene rings is 1. The number of aryl methyl sites for hydroxylation is 1. The summed E-state index contributed by atoms with van der Waals surface area (Å²) in [6.45, 7) is 7.43. The molecule has 0 atom stereocenters. The molecule has 2 aliphatic rings. The Bertz CT molecular complexity index is 1110. The van der Waals surface area contributed by atoms with E-state index in [1.165, 1.54) is 11.3 Å². The van der Waals surface area contributed by atoms with Crippen molar-refractivity contribution in [3.63, 3.8) is 0 Å². The van der Waals surface area contributed by atoms with Crippen LogP contribution in [0.15, 0.2) is 36.7 Å². The zero-order valence-corrected chi connectivity index (χ0v) is 17.5. The van der Waals surface area contributed by atoms with Crippen molar-refractivity contribution in [1.82, 2.24) is 15.3 Å². The van der Waals surface area contributed by atoms with Gasteiger partial charge in [-0.1, -0.05) is 17.4 Å². The number of fused-ring (bicyclic) bond motifs is 2. The maximum absolute atomic E-state index is 12.5. The molecule has 4 heterocycles. The Balaban J connectivity index is 1.56. The number of rotatable bonds is 2. The van der Waals surface area contributed by atoms with Crippen LogP contribution in [0, 0.1) is 6.92 Å². The molecule has 0 saturated heterocycles. The lowest BCUT2D eigenvalue weighted by Crippen LogP contribution is -2.48. The standard InChI is InChI=1S/C22H22N4O2S/c1-13-9-17-18(10-15(13)14-5-4-6-23-12-14)28-8-7-26(17)21-24-16-11-22(2,3)25-20(27)19(16)29-21/h4-6,9-10,12H,7-8,11H2,1-3H3,(H,25,27). The van der Waals surface area contributed by atoms with Crippen LogP contribution in [-0.2, 0) is 6.42 Å². The van der Waals surface area contributed by atoms with E-state index in [0.717, 1.165) is 50.3 Å². The van der Waals surface area contributed by atoms with Crippen LogP contribution in [0.1, 0.15) is 34.8 Å². The fourth-order valence-corrected chi connectivity index (χ4v) is 4.99. The van der Waals surface area contributed by atoms with Crippen LogP contribution in [0.4, 0.5) is 10.8 Å². The molecule has 0 spiro atoms. The molecule has 1 aromatic carbocycles. The summed E-state index contributed by atoms with van der Waals surface area (Å²) >= 11 is 1.46. The minimum Gasteiger partial charge on any atom is -0.490 e. The van der Waals surface area contributed by atoms with Gasteiger partial charge in [-0.15, -0.1) is 0 Å². The molecule has 2 aromatic heterocycles. The first kappa shape index (κ1) is 18.1. The molecule has 1 N–H and O–H groups in total. The fraction of sp³-hybridized carbons (Fsp3) is 0.318. The number of hydrogen-bond acceptors (Lipinski definition) is 6. The molecule has 29 heavy (non-hydrogen) atoms. The number of carbonyl (C=O) groups excluding carboxylic acids is 1. The largest absolute Gasteiger partial charge is 0.490 e. The highest BCUT2D eigenvalue weighted by Crippen LogP contribution is 2.43. The summed E-state index contributed by atoms with van der Waals surface area (Å²) in [6.07, 6.45) is 4.38. The predicted molar refractivity (Wildman–Crippen MR) is 114 cm³/mol. The van der Waals surface area contributed by atoms with Gasteiger partial charge in [0.15, 0.2) is 5.13 Å². The molecule has 0 bridgehead atoms. The SMILES string of the molecule is Cc1cc2c(cc1-c1cccnc1)OCCN2c1nc2c(s1)C(=O)NC(C)(C)C2. The minimum atomic E-state index is -0.270. The van der Waals surface area contributed by atoms with Gasteiger partial charge in [-0.3, -0.25) is 9.78 Å². The van der Waals surface area contributed by atoms with E-state index in [4.69, 9.17) is 9.72 Å². The van der Waals surface area contributed by atoms with E-state index >= 15 is 0 Å². The maximum Gasteiger partial charge on any atom is 0.263 e. The Morgan fingerprint density at radius 3 is 2.97 bits per heavy atom. The van der Waals surface area contributed by atoms with Crippen molar-refractivity contribution in [1.29, 1.82) is 0 Å². The van der Waals surface area contributed by atoms with Crippen molar-refractivity contribution in [3.8, 4) is 16.9 Å². The van der Waals surface area contributed by atoms with Gasteiger partial charge in [0.05, 0.1) is 17.9 Å². The Kier molecular flexibility index (Phi) is 4.10. The first-order chi connectivity index (χ1) is 13.9. The normalized spacial score (nSPS) is 17.2. The third-order valence-electron chi connectivity index (χ3n) is 5.33. The summed E-state index contributed by atoms with van der Waals surface area (Å²) in [5.41, 5.74) is 4.93. The zero-order valence-electron chi connectivity index (χ0n) is 16.7. The topological polar surface area (TPSA) is 67.3 Å². The number of nitrogens with one attached hydrogen (secondary N) is 1. The Hall–Kier alpha value is -2.93. The van der Waals surface area contributed by atoms with Crippen LogP contribution < -0.4 is 15.0 Å². The Morgan fingerprint density at radius 1 is 1.31 bits per heavy atom. The molecule has 0 unspecified atom stereocenters. The van der Waals surface area contributed by atoms with Crippen molar-refractivity contribution >= 4 is 28.1 Å². The van der Waals surface area contributed by atoms with Gasteiger partial charge < -0.3 is 15.0 Å². The third kappa shape index (κ3) is 3.15. The lowest BCUT2D eigenvalue weighted by Gasteiger charge is -2.30. The molecule has 0 saturated carbocycles. The maximum atomic E-state index is 12.5. The molecular formula is C22H22N4O2S.